The van der Waals surface area contributed by atoms with Crippen molar-refractivity contribution in [1.29, 1.82) is 0 Å². The average molecular weight is 496 g/mol. The van der Waals surface area contributed by atoms with E-state index in [2.05, 4.69) is 24.8 Å². The lowest BCUT2D eigenvalue weighted by molar-refractivity contribution is 0.216. The second kappa shape index (κ2) is 9.09. The van der Waals surface area contributed by atoms with Gasteiger partial charge >= 0.3 is 0 Å². The Labute approximate surface area is 196 Å². The van der Waals surface area contributed by atoms with E-state index >= 15 is 0 Å². The molecule has 2 saturated heterocycles. The molecule has 0 amide bonds. The Morgan fingerprint density at radius 3 is 2.67 bits per heavy atom. The van der Waals surface area contributed by atoms with E-state index in [-0.39, 0.29) is 17.2 Å². The number of nitrogens with zero attached hydrogens (tertiary/aromatic N) is 5. The van der Waals surface area contributed by atoms with Gasteiger partial charge in [0, 0.05) is 63.1 Å². The van der Waals surface area contributed by atoms with Gasteiger partial charge in [0.25, 0.3) is 15.8 Å². The lowest BCUT2D eigenvalue weighted by Gasteiger charge is -2.35. The van der Waals surface area contributed by atoms with E-state index in [1.54, 1.807) is 12.4 Å². The molecule has 1 unspecified atom stereocenters. The molecule has 2 aliphatic heterocycles. The third-order valence-electron chi connectivity index (χ3n) is 6.11. The molecule has 0 radical (unpaired) electrons. The number of hydrogen-bond donors (Lipinski definition) is 2. The SMILES string of the molecule is O=c1[nH]ncc(N2CCC(Oc3cc(N4CCN(S(=O)(=O)NC5CC5)CC4)ccn3)C2)c1Cl. The maximum absolute atomic E-state index is 12.4. The van der Waals surface area contributed by atoms with E-state index in [1.165, 1.54) is 4.31 Å². The first-order chi connectivity index (χ1) is 15.9. The van der Waals surface area contributed by atoms with E-state index in [9.17, 15) is 13.2 Å². The van der Waals surface area contributed by atoms with E-state index in [0.29, 0.717) is 50.8 Å². The molecule has 3 fully saturated rings. The lowest BCUT2D eigenvalue weighted by Crippen LogP contribution is -2.52. The van der Waals surface area contributed by atoms with Crippen molar-refractivity contribution in [2.24, 2.45) is 0 Å². The van der Waals surface area contributed by atoms with Crippen LogP contribution in [-0.2, 0) is 10.2 Å². The minimum atomic E-state index is -3.40. The number of halogens is 1. The molecular formula is C20H26ClN7O4S. The van der Waals surface area contributed by atoms with Crippen LogP contribution in [0.25, 0.3) is 0 Å². The Bertz CT molecular complexity index is 1160. The van der Waals surface area contributed by atoms with Crippen LogP contribution in [-0.4, -0.2) is 79.3 Å². The Balaban J connectivity index is 1.18. The van der Waals surface area contributed by atoms with Gasteiger partial charge in [-0.25, -0.2) is 10.1 Å². The first kappa shape index (κ1) is 22.4. The summed E-state index contributed by atoms with van der Waals surface area (Å²) in [6.45, 7) is 3.33. The summed E-state index contributed by atoms with van der Waals surface area (Å²) in [5.41, 5.74) is 1.13. The number of H-pyrrole nitrogens is 1. The highest BCUT2D eigenvalue weighted by molar-refractivity contribution is 7.87. The molecule has 0 aromatic carbocycles. The minimum Gasteiger partial charge on any atom is -0.472 e. The van der Waals surface area contributed by atoms with Gasteiger partial charge in [-0.3, -0.25) is 4.79 Å². The molecule has 5 rings (SSSR count). The lowest BCUT2D eigenvalue weighted by atomic mass is 10.3. The van der Waals surface area contributed by atoms with Crippen LogP contribution >= 0.6 is 11.6 Å². The van der Waals surface area contributed by atoms with Crippen molar-refractivity contribution < 1.29 is 13.2 Å². The summed E-state index contributed by atoms with van der Waals surface area (Å²) in [5.74, 6) is 0.514. The van der Waals surface area contributed by atoms with Crippen LogP contribution < -0.4 is 24.8 Å². The molecule has 1 atom stereocenters. The summed E-state index contributed by atoms with van der Waals surface area (Å²) in [6.07, 6.45) is 5.76. The zero-order chi connectivity index (χ0) is 23.0. The smallest absolute Gasteiger partial charge is 0.285 e. The predicted molar refractivity (Wildman–Crippen MR) is 124 cm³/mol. The number of rotatable bonds is 7. The maximum Gasteiger partial charge on any atom is 0.285 e. The van der Waals surface area contributed by atoms with E-state index < -0.39 is 15.8 Å². The number of aromatic nitrogens is 3. The summed E-state index contributed by atoms with van der Waals surface area (Å²) in [6, 6.07) is 3.90. The van der Waals surface area contributed by atoms with Crippen LogP contribution in [0.4, 0.5) is 11.4 Å². The molecule has 0 bridgehead atoms. The predicted octanol–water partition coefficient (Wildman–Crippen LogP) is 0.595. The van der Waals surface area contributed by atoms with Crippen LogP contribution in [0.3, 0.4) is 0 Å². The van der Waals surface area contributed by atoms with Crippen molar-refractivity contribution in [3.8, 4) is 5.88 Å². The fourth-order valence-corrected chi connectivity index (χ4v) is 5.80. The number of hydrogen-bond acceptors (Lipinski definition) is 8. The quantitative estimate of drug-likeness (QED) is 0.572. The highest BCUT2D eigenvalue weighted by Gasteiger charge is 2.33. The van der Waals surface area contributed by atoms with Gasteiger partial charge in [0.1, 0.15) is 11.1 Å². The molecule has 2 N–H and O–H groups in total. The van der Waals surface area contributed by atoms with Crippen molar-refractivity contribution in [3.05, 3.63) is 39.9 Å². The topological polar surface area (TPSA) is 124 Å². The van der Waals surface area contributed by atoms with Crippen LogP contribution in [0.1, 0.15) is 19.3 Å². The van der Waals surface area contributed by atoms with Gasteiger partial charge in [-0.1, -0.05) is 11.6 Å². The Morgan fingerprint density at radius 2 is 1.91 bits per heavy atom. The summed E-state index contributed by atoms with van der Waals surface area (Å²) in [7, 11) is -3.40. The summed E-state index contributed by atoms with van der Waals surface area (Å²) in [4.78, 5) is 20.2. The molecule has 2 aromatic rings. The molecule has 178 valence electrons. The Hall–Kier alpha value is -2.41. The molecule has 3 aliphatic rings. The first-order valence-electron chi connectivity index (χ1n) is 11.0. The summed E-state index contributed by atoms with van der Waals surface area (Å²) in [5, 5.41) is 6.28. The van der Waals surface area contributed by atoms with E-state index in [1.807, 2.05) is 17.0 Å². The van der Waals surface area contributed by atoms with Crippen molar-refractivity contribution >= 4 is 33.2 Å². The molecule has 13 heteroatoms. The van der Waals surface area contributed by atoms with Gasteiger partial charge < -0.3 is 14.5 Å². The van der Waals surface area contributed by atoms with Crippen molar-refractivity contribution in [1.82, 2.24) is 24.2 Å². The molecule has 1 saturated carbocycles. The van der Waals surface area contributed by atoms with Crippen LogP contribution in [0.5, 0.6) is 5.88 Å². The van der Waals surface area contributed by atoms with Gasteiger partial charge in [0.05, 0.1) is 18.4 Å². The van der Waals surface area contributed by atoms with Crippen LogP contribution in [0.2, 0.25) is 5.02 Å². The van der Waals surface area contributed by atoms with Crippen LogP contribution in [0, 0.1) is 0 Å². The number of aromatic amines is 1. The number of pyridine rings is 1. The standard InChI is InChI=1S/C20H26ClN7O4S/c21-19-17(12-23-24-20(19)29)27-6-4-16(13-27)32-18-11-15(3-5-22-18)26-7-9-28(10-8-26)33(30,31)25-14-1-2-14/h3,5,11-12,14,16,25H,1-2,4,6-10,13H2,(H,24,29). The first-order valence-corrected chi connectivity index (χ1v) is 12.8. The molecule has 1 aliphatic carbocycles. The normalized spacial score (nSPS) is 22.0. The zero-order valence-electron chi connectivity index (χ0n) is 18.0. The van der Waals surface area contributed by atoms with Gasteiger partial charge in [-0.2, -0.15) is 22.5 Å². The van der Waals surface area contributed by atoms with Gasteiger partial charge in [0.2, 0.25) is 5.88 Å². The molecule has 11 nitrogen and oxygen atoms in total. The highest BCUT2D eigenvalue weighted by Crippen LogP contribution is 2.28. The van der Waals surface area contributed by atoms with Crippen LogP contribution in [0.15, 0.2) is 29.3 Å². The Kier molecular flexibility index (Phi) is 6.16. The van der Waals surface area contributed by atoms with Crippen molar-refractivity contribution in [2.75, 3.05) is 49.1 Å². The number of ether oxygens (including phenoxy) is 1. The van der Waals surface area contributed by atoms with Gasteiger partial charge in [-0.05, 0) is 18.9 Å². The fourth-order valence-electron chi connectivity index (χ4n) is 4.14. The summed E-state index contributed by atoms with van der Waals surface area (Å²) < 4.78 is 35.2. The third kappa shape index (κ3) is 5.08. The van der Waals surface area contributed by atoms with Crippen molar-refractivity contribution in [2.45, 2.75) is 31.4 Å². The van der Waals surface area contributed by atoms with Gasteiger partial charge in [0.15, 0.2) is 0 Å². The summed E-state index contributed by atoms with van der Waals surface area (Å²) >= 11 is 6.12. The van der Waals surface area contributed by atoms with E-state index in [0.717, 1.165) is 24.9 Å². The number of nitrogens with one attached hydrogen (secondary N) is 2. The minimum absolute atomic E-state index is 0.0985. The second-order valence-electron chi connectivity index (χ2n) is 8.51. The zero-order valence-corrected chi connectivity index (χ0v) is 19.6. The molecule has 2 aromatic heterocycles. The third-order valence-corrected chi connectivity index (χ3v) is 8.15. The largest absolute Gasteiger partial charge is 0.472 e. The highest BCUT2D eigenvalue weighted by atomic mass is 35.5. The molecule has 4 heterocycles. The monoisotopic (exact) mass is 495 g/mol. The molecule has 0 spiro atoms. The van der Waals surface area contributed by atoms with Crippen molar-refractivity contribution in [3.63, 3.8) is 0 Å². The Morgan fingerprint density at radius 1 is 1.12 bits per heavy atom. The molecular weight excluding hydrogens is 470 g/mol. The number of anilines is 2. The number of piperazine rings is 1. The maximum atomic E-state index is 12.4. The molecule has 33 heavy (non-hydrogen) atoms. The van der Waals surface area contributed by atoms with Gasteiger partial charge in [-0.15, -0.1) is 0 Å². The average Bonchev–Trinajstić information content (AvgIpc) is 3.50. The second-order valence-corrected chi connectivity index (χ2v) is 10.6. The van der Waals surface area contributed by atoms with E-state index in [4.69, 9.17) is 16.3 Å². The fraction of sp³-hybridized carbons (Fsp3) is 0.550.